The lowest BCUT2D eigenvalue weighted by Gasteiger charge is -2.21. The number of hydrogen-bond donors (Lipinski definition) is 1. The summed E-state index contributed by atoms with van der Waals surface area (Å²) in [6.07, 6.45) is 6.53. The quantitative estimate of drug-likeness (QED) is 0.319. The fourth-order valence-corrected chi connectivity index (χ4v) is 2.58. The highest BCUT2D eigenvalue weighted by Gasteiger charge is 2.08. The number of hydrogen-bond acceptors (Lipinski definition) is 3. The number of guanidine groups is 1. The van der Waals surface area contributed by atoms with Gasteiger partial charge < -0.3 is 14.6 Å². The summed E-state index contributed by atoms with van der Waals surface area (Å²) in [4.78, 5) is 11.4. The highest BCUT2D eigenvalue weighted by Crippen LogP contribution is 2.19. The van der Waals surface area contributed by atoms with Crippen LogP contribution in [0.5, 0.6) is 0 Å². The fourth-order valence-electron chi connectivity index (χ4n) is 2.58. The molecule has 5 heteroatoms. The van der Waals surface area contributed by atoms with Gasteiger partial charge in [-0.1, -0.05) is 23.8 Å². The van der Waals surface area contributed by atoms with Crippen molar-refractivity contribution in [1.29, 1.82) is 0 Å². The minimum atomic E-state index is 0.664. The Morgan fingerprint density at radius 3 is 2.81 bits per heavy atom. The number of rotatable bonds is 9. The van der Waals surface area contributed by atoms with Gasteiger partial charge in [0.1, 0.15) is 6.26 Å². The Bertz CT molecular complexity index is 703. The summed E-state index contributed by atoms with van der Waals surface area (Å²) in [5.41, 5.74) is 3.15. The molecule has 5 nitrogen and oxygen atoms in total. The molecule has 0 aliphatic rings. The number of nitrogens with zero attached hydrogens (tertiary/aromatic N) is 3. The third-order valence-electron chi connectivity index (χ3n) is 4.08. The van der Waals surface area contributed by atoms with Crippen LogP contribution >= 0.6 is 0 Å². The summed E-state index contributed by atoms with van der Waals surface area (Å²) >= 11 is 0. The number of benzene rings is 1. The smallest absolute Gasteiger partial charge is 0.226 e. The van der Waals surface area contributed by atoms with Crippen molar-refractivity contribution in [2.24, 2.45) is 4.99 Å². The van der Waals surface area contributed by atoms with E-state index in [0.717, 1.165) is 49.6 Å². The molecule has 1 aromatic heterocycles. The lowest BCUT2D eigenvalue weighted by molar-refractivity contribution is 0.470. The molecule has 0 unspecified atom stereocenters. The minimum absolute atomic E-state index is 0.664. The van der Waals surface area contributed by atoms with Gasteiger partial charge in [0.15, 0.2) is 5.96 Å². The van der Waals surface area contributed by atoms with Gasteiger partial charge in [0, 0.05) is 38.7 Å². The lowest BCUT2D eigenvalue weighted by atomic mass is 10.1. The molecule has 0 aliphatic carbocycles. The van der Waals surface area contributed by atoms with Gasteiger partial charge in [-0.3, -0.25) is 4.99 Å². The van der Waals surface area contributed by atoms with E-state index in [1.54, 1.807) is 6.26 Å². The van der Waals surface area contributed by atoms with Gasteiger partial charge in [0.25, 0.3) is 0 Å². The molecular formula is C21H30N4O. The number of nitrogens with one attached hydrogen (secondary N) is 1. The van der Waals surface area contributed by atoms with Crippen LogP contribution in [0.3, 0.4) is 0 Å². The predicted molar refractivity (Wildman–Crippen MR) is 108 cm³/mol. The first kappa shape index (κ1) is 19.8. The first-order chi connectivity index (χ1) is 12.6. The van der Waals surface area contributed by atoms with Crippen LogP contribution in [0.25, 0.3) is 11.5 Å². The first-order valence-corrected chi connectivity index (χ1v) is 9.25. The van der Waals surface area contributed by atoms with Gasteiger partial charge in [-0.15, -0.1) is 6.58 Å². The summed E-state index contributed by atoms with van der Waals surface area (Å²) in [7, 11) is 2.07. The molecule has 1 heterocycles. The number of aryl methyl sites for hydroxylation is 1. The second kappa shape index (κ2) is 10.4. The maximum atomic E-state index is 5.61. The van der Waals surface area contributed by atoms with Gasteiger partial charge in [-0.25, -0.2) is 4.98 Å². The largest absolute Gasteiger partial charge is 0.444 e. The average molecular weight is 354 g/mol. The molecule has 0 atom stereocenters. The van der Waals surface area contributed by atoms with Crippen molar-refractivity contribution in [2.45, 2.75) is 33.1 Å². The van der Waals surface area contributed by atoms with E-state index in [1.807, 2.05) is 18.2 Å². The number of allylic oxidation sites excluding steroid dienone is 1. The molecule has 0 aliphatic heterocycles. The van der Waals surface area contributed by atoms with E-state index in [9.17, 15) is 0 Å². The van der Waals surface area contributed by atoms with Crippen LogP contribution in [0.15, 0.2) is 52.6 Å². The summed E-state index contributed by atoms with van der Waals surface area (Å²) in [5.74, 6) is 1.59. The first-order valence-electron chi connectivity index (χ1n) is 9.25. The standard InChI is InChI=1S/C21H30N4O/c1-5-7-8-15-25(4)21(22-6-2)23-14-13-19-16-26-20(24-19)18-11-9-17(3)10-12-18/h5,9-12,16H,1,6-8,13-15H2,2-4H3,(H,22,23). The molecule has 2 rings (SSSR count). The van der Waals surface area contributed by atoms with Crippen LogP contribution in [0, 0.1) is 6.92 Å². The minimum Gasteiger partial charge on any atom is -0.444 e. The third-order valence-corrected chi connectivity index (χ3v) is 4.08. The van der Waals surface area contributed by atoms with Crippen LogP contribution in [-0.2, 0) is 6.42 Å². The molecule has 140 valence electrons. The van der Waals surface area contributed by atoms with Gasteiger partial charge in [0.2, 0.25) is 5.89 Å². The van der Waals surface area contributed by atoms with E-state index in [-0.39, 0.29) is 0 Å². The van der Waals surface area contributed by atoms with Crippen molar-refractivity contribution < 1.29 is 4.42 Å². The predicted octanol–water partition coefficient (Wildman–Crippen LogP) is 4.06. The summed E-state index contributed by atoms with van der Waals surface area (Å²) in [6.45, 7) is 10.4. The van der Waals surface area contributed by atoms with E-state index in [4.69, 9.17) is 9.41 Å². The number of aromatic nitrogens is 1. The molecule has 0 saturated carbocycles. The summed E-state index contributed by atoms with van der Waals surface area (Å²) in [6, 6.07) is 8.19. The molecule has 0 bridgehead atoms. The maximum Gasteiger partial charge on any atom is 0.226 e. The Morgan fingerprint density at radius 2 is 2.12 bits per heavy atom. The SMILES string of the molecule is C=CCCCN(C)C(=NCCc1coc(-c2ccc(C)cc2)n1)NCC. The zero-order valence-electron chi connectivity index (χ0n) is 16.2. The topological polar surface area (TPSA) is 53.7 Å². The van der Waals surface area contributed by atoms with Crippen molar-refractivity contribution in [3.8, 4) is 11.5 Å². The van der Waals surface area contributed by atoms with Crippen LogP contribution < -0.4 is 5.32 Å². The summed E-state index contributed by atoms with van der Waals surface area (Å²) < 4.78 is 5.61. The molecule has 1 aromatic carbocycles. The van der Waals surface area contributed by atoms with E-state index in [1.165, 1.54) is 5.56 Å². The van der Waals surface area contributed by atoms with Gasteiger partial charge in [-0.05, 0) is 38.8 Å². The molecule has 26 heavy (non-hydrogen) atoms. The highest BCUT2D eigenvalue weighted by molar-refractivity contribution is 5.79. The lowest BCUT2D eigenvalue weighted by Crippen LogP contribution is -2.39. The highest BCUT2D eigenvalue weighted by atomic mass is 16.3. The zero-order valence-corrected chi connectivity index (χ0v) is 16.2. The van der Waals surface area contributed by atoms with Crippen molar-refractivity contribution in [1.82, 2.24) is 15.2 Å². The zero-order chi connectivity index (χ0) is 18.8. The molecule has 0 spiro atoms. The Morgan fingerprint density at radius 1 is 1.35 bits per heavy atom. The van der Waals surface area contributed by atoms with Crippen molar-refractivity contribution in [3.63, 3.8) is 0 Å². The average Bonchev–Trinajstić information content (AvgIpc) is 3.10. The fraction of sp³-hybridized carbons (Fsp3) is 0.429. The second-order valence-electron chi connectivity index (χ2n) is 6.35. The van der Waals surface area contributed by atoms with E-state index in [2.05, 4.69) is 54.8 Å². The molecule has 0 radical (unpaired) electrons. The molecule has 2 aromatic rings. The van der Waals surface area contributed by atoms with Crippen LogP contribution in [0.4, 0.5) is 0 Å². The molecular weight excluding hydrogens is 324 g/mol. The normalized spacial score (nSPS) is 11.4. The Labute approximate surface area is 156 Å². The van der Waals surface area contributed by atoms with Gasteiger partial charge in [0.05, 0.1) is 5.69 Å². The van der Waals surface area contributed by atoms with Gasteiger partial charge in [-0.2, -0.15) is 0 Å². The number of oxazole rings is 1. The Kier molecular flexibility index (Phi) is 7.93. The van der Waals surface area contributed by atoms with E-state index in [0.29, 0.717) is 12.4 Å². The molecule has 0 saturated heterocycles. The third kappa shape index (κ3) is 6.06. The van der Waals surface area contributed by atoms with E-state index < -0.39 is 0 Å². The Balaban J connectivity index is 1.92. The number of unbranched alkanes of at least 4 members (excludes halogenated alkanes) is 1. The molecule has 1 N–H and O–H groups in total. The van der Waals surface area contributed by atoms with Crippen molar-refractivity contribution in [2.75, 3.05) is 26.7 Å². The monoisotopic (exact) mass is 354 g/mol. The van der Waals surface area contributed by atoms with Crippen molar-refractivity contribution in [3.05, 3.63) is 54.4 Å². The molecule has 0 amide bonds. The number of aliphatic imine (C=N–C) groups is 1. The van der Waals surface area contributed by atoms with E-state index >= 15 is 0 Å². The van der Waals surface area contributed by atoms with Crippen LogP contribution in [0.1, 0.15) is 31.0 Å². The van der Waals surface area contributed by atoms with Crippen molar-refractivity contribution >= 4 is 5.96 Å². The van der Waals surface area contributed by atoms with Gasteiger partial charge >= 0.3 is 0 Å². The maximum absolute atomic E-state index is 5.61. The van der Waals surface area contributed by atoms with Crippen LogP contribution in [0.2, 0.25) is 0 Å². The second-order valence-corrected chi connectivity index (χ2v) is 6.35. The molecule has 0 fully saturated rings. The Hall–Kier alpha value is -2.56. The summed E-state index contributed by atoms with van der Waals surface area (Å²) in [5, 5.41) is 3.34. The van der Waals surface area contributed by atoms with Crippen LogP contribution in [-0.4, -0.2) is 42.5 Å².